The van der Waals surface area contributed by atoms with Crippen LogP contribution in [0.3, 0.4) is 0 Å². The maximum Gasteiger partial charge on any atom is 0.399 e. The van der Waals surface area contributed by atoms with Gasteiger partial charge in [-0.25, -0.2) is 0 Å². The van der Waals surface area contributed by atoms with Gasteiger partial charge in [0.15, 0.2) is 0 Å². The fourth-order valence-electron chi connectivity index (χ4n) is 1.79. The van der Waals surface area contributed by atoms with E-state index in [4.69, 9.17) is 9.15 Å². The van der Waals surface area contributed by atoms with Crippen LogP contribution in [0.1, 0.15) is 39.0 Å². The van der Waals surface area contributed by atoms with Crippen LogP contribution in [-0.2, 0) is 12.0 Å². The van der Waals surface area contributed by atoms with Crippen LogP contribution >= 0.6 is 0 Å². The molecule has 2 rings (SSSR count). The van der Waals surface area contributed by atoms with Crippen LogP contribution in [0.15, 0.2) is 34.9 Å². The Hall–Kier alpha value is -1.81. The van der Waals surface area contributed by atoms with Crippen molar-refractivity contribution in [2.75, 3.05) is 6.54 Å². The van der Waals surface area contributed by atoms with E-state index in [1.54, 1.807) is 6.26 Å². The van der Waals surface area contributed by atoms with E-state index < -0.39 is 0 Å². The number of hydrogen-bond acceptors (Lipinski definition) is 4. The zero-order valence-electron chi connectivity index (χ0n) is 12.6. The molecule has 1 heterocycles. The zero-order chi connectivity index (χ0) is 14.6. The monoisotopic (exact) mass is 274 g/mol. The van der Waals surface area contributed by atoms with Crippen molar-refractivity contribution in [2.24, 2.45) is 0 Å². The molecule has 4 nitrogen and oxygen atoms in total. The summed E-state index contributed by atoms with van der Waals surface area (Å²) in [6.45, 7) is 10.2. The summed E-state index contributed by atoms with van der Waals surface area (Å²) in [6, 6.07) is 8.01. The molecule has 0 spiro atoms. The number of oxazole rings is 1. The minimum Gasteiger partial charge on any atom is -0.417 e. The van der Waals surface area contributed by atoms with Gasteiger partial charge in [0.1, 0.15) is 12.0 Å². The highest BCUT2D eigenvalue weighted by Gasteiger charge is 2.13. The first kappa shape index (κ1) is 14.6. The van der Waals surface area contributed by atoms with Crippen molar-refractivity contribution in [3.63, 3.8) is 0 Å². The van der Waals surface area contributed by atoms with Gasteiger partial charge in [0.2, 0.25) is 0 Å². The van der Waals surface area contributed by atoms with Crippen LogP contribution in [0.4, 0.5) is 0 Å². The highest BCUT2D eigenvalue weighted by Crippen LogP contribution is 2.26. The first-order valence-electron chi connectivity index (χ1n) is 6.92. The first-order chi connectivity index (χ1) is 9.49. The Bertz CT molecular complexity index is 538. The average molecular weight is 274 g/mol. The maximum absolute atomic E-state index is 5.60. The van der Waals surface area contributed by atoms with Crippen molar-refractivity contribution >= 4 is 0 Å². The molecule has 1 aromatic heterocycles. The molecule has 2 aromatic rings. The van der Waals surface area contributed by atoms with E-state index >= 15 is 0 Å². The van der Waals surface area contributed by atoms with Crippen LogP contribution in [0, 0.1) is 0 Å². The van der Waals surface area contributed by atoms with Gasteiger partial charge < -0.3 is 14.5 Å². The lowest BCUT2D eigenvalue weighted by atomic mass is 9.87. The molecule has 108 valence electrons. The molecule has 0 unspecified atom stereocenters. The lowest BCUT2D eigenvalue weighted by molar-refractivity contribution is 0.330. The molecule has 0 amide bonds. The molecular formula is C16H22N2O2. The predicted molar refractivity (Wildman–Crippen MR) is 79.1 cm³/mol. The van der Waals surface area contributed by atoms with E-state index in [2.05, 4.69) is 43.2 Å². The molecule has 0 saturated heterocycles. The maximum atomic E-state index is 5.60. The Labute approximate surface area is 120 Å². The van der Waals surface area contributed by atoms with Crippen LogP contribution in [0.5, 0.6) is 11.8 Å². The third-order valence-electron chi connectivity index (χ3n) is 3.01. The fourth-order valence-corrected chi connectivity index (χ4v) is 1.79. The molecule has 1 N–H and O–H groups in total. The van der Waals surface area contributed by atoms with E-state index in [9.17, 15) is 0 Å². The Morgan fingerprint density at radius 1 is 1.20 bits per heavy atom. The summed E-state index contributed by atoms with van der Waals surface area (Å²) in [5.74, 6) is 0.731. The highest BCUT2D eigenvalue weighted by molar-refractivity contribution is 5.32. The van der Waals surface area contributed by atoms with E-state index in [1.807, 2.05) is 19.1 Å². The normalized spacial score (nSPS) is 11.6. The molecule has 0 bridgehead atoms. The predicted octanol–water partition coefficient (Wildman–Crippen LogP) is 3.87. The lowest BCUT2D eigenvalue weighted by Gasteiger charge is -2.18. The molecule has 20 heavy (non-hydrogen) atoms. The number of nitrogens with zero attached hydrogens (tertiary/aromatic N) is 1. The standard InChI is InChI=1S/C16H22N2O2/c1-5-17-10-13-11-19-15(18-13)20-14-8-6-12(7-9-14)16(2,3)4/h6-9,11,17H,5,10H2,1-4H3. The van der Waals surface area contributed by atoms with Gasteiger partial charge >= 0.3 is 6.08 Å². The van der Waals surface area contributed by atoms with Gasteiger partial charge in [-0.2, -0.15) is 4.98 Å². The second-order valence-corrected chi connectivity index (χ2v) is 5.76. The summed E-state index contributed by atoms with van der Waals surface area (Å²) in [7, 11) is 0. The van der Waals surface area contributed by atoms with Crippen molar-refractivity contribution in [3.8, 4) is 11.8 Å². The van der Waals surface area contributed by atoms with Crippen molar-refractivity contribution in [1.29, 1.82) is 0 Å². The van der Waals surface area contributed by atoms with E-state index in [0.29, 0.717) is 6.54 Å². The molecule has 0 aliphatic carbocycles. The molecule has 1 aromatic carbocycles. The van der Waals surface area contributed by atoms with E-state index in [1.165, 1.54) is 5.56 Å². The highest BCUT2D eigenvalue weighted by atomic mass is 16.6. The minimum absolute atomic E-state index is 0.139. The number of benzene rings is 1. The third kappa shape index (κ3) is 3.84. The second kappa shape index (κ2) is 6.09. The smallest absolute Gasteiger partial charge is 0.399 e. The minimum atomic E-state index is 0.139. The molecule has 0 fully saturated rings. The van der Waals surface area contributed by atoms with Crippen molar-refractivity contribution in [1.82, 2.24) is 10.3 Å². The Kier molecular flexibility index (Phi) is 4.45. The van der Waals surface area contributed by atoms with E-state index in [-0.39, 0.29) is 11.5 Å². The van der Waals surface area contributed by atoms with E-state index in [0.717, 1.165) is 18.0 Å². The first-order valence-corrected chi connectivity index (χ1v) is 6.92. The lowest BCUT2D eigenvalue weighted by Crippen LogP contribution is -2.11. The number of aromatic nitrogens is 1. The summed E-state index contributed by atoms with van der Waals surface area (Å²) in [5.41, 5.74) is 2.25. The van der Waals surface area contributed by atoms with Gasteiger partial charge in [0.05, 0.1) is 5.69 Å². The molecule has 0 atom stereocenters. The molecular weight excluding hydrogens is 252 g/mol. The number of hydrogen-bond donors (Lipinski definition) is 1. The third-order valence-corrected chi connectivity index (χ3v) is 3.01. The molecule has 0 aliphatic heterocycles. The van der Waals surface area contributed by atoms with Gasteiger partial charge in [-0.3, -0.25) is 0 Å². The molecule has 0 saturated carbocycles. The summed E-state index contributed by atoms with van der Waals surface area (Å²) in [5, 5.41) is 3.19. The van der Waals surface area contributed by atoms with Crippen molar-refractivity contribution < 1.29 is 9.15 Å². The van der Waals surface area contributed by atoms with Gasteiger partial charge in [0.25, 0.3) is 0 Å². The summed E-state index contributed by atoms with van der Waals surface area (Å²) >= 11 is 0. The largest absolute Gasteiger partial charge is 0.417 e. The summed E-state index contributed by atoms with van der Waals surface area (Å²) in [6.07, 6.45) is 1.89. The average Bonchev–Trinajstić information content (AvgIpc) is 2.83. The topological polar surface area (TPSA) is 47.3 Å². The Balaban J connectivity index is 2.01. The SMILES string of the molecule is CCNCc1coc(Oc2ccc(C(C)(C)C)cc2)n1. The number of rotatable bonds is 5. The van der Waals surface area contributed by atoms with Crippen molar-refractivity contribution in [2.45, 2.75) is 39.7 Å². The van der Waals surface area contributed by atoms with Gasteiger partial charge in [-0.05, 0) is 29.7 Å². The molecule has 0 radical (unpaired) electrons. The Morgan fingerprint density at radius 2 is 1.90 bits per heavy atom. The quantitative estimate of drug-likeness (QED) is 0.899. The number of ether oxygens (including phenoxy) is 1. The zero-order valence-corrected chi connectivity index (χ0v) is 12.6. The van der Waals surface area contributed by atoms with Crippen LogP contribution in [-0.4, -0.2) is 11.5 Å². The van der Waals surface area contributed by atoms with Crippen LogP contribution in [0.25, 0.3) is 0 Å². The fraction of sp³-hybridized carbons (Fsp3) is 0.438. The molecule has 4 heteroatoms. The Morgan fingerprint density at radius 3 is 2.50 bits per heavy atom. The number of nitrogens with one attached hydrogen (secondary N) is 1. The van der Waals surface area contributed by atoms with Gasteiger partial charge in [-0.1, -0.05) is 39.8 Å². The second-order valence-electron chi connectivity index (χ2n) is 5.76. The summed E-state index contributed by atoms with van der Waals surface area (Å²) in [4.78, 5) is 4.26. The van der Waals surface area contributed by atoms with Crippen LogP contribution in [0.2, 0.25) is 0 Å². The van der Waals surface area contributed by atoms with Gasteiger partial charge in [-0.15, -0.1) is 0 Å². The van der Waals surface area contributed by atoms with Crippen molar-refractivity contribution in [3.05, 3.63) is 41.8 Å². The van der Waals surface area contributed by atoms with Gasteiger partial charge in [0, 0.05) is 6.54 Å². The molecule has 0 aliphatic rings. The van der Waals surface area contributed by atoms with Crippen LogP contribution < -0.4 is 10.1 Å². The summed E-state index contributed by atoms with van der Waals surface area (Å²) < 4.78 is 10.9.